The van der Waals surface area contributed by atoms with Gasteiger partial charge in [-0.15, -0.1) is 0 Å². The number of nitrogens with one attached hydrogen (secondary N) is 1. The third kappa shape index (κ3) is 4.86. The molecule has 0 saturated heterocycles. The lowest BCUT2D eigenvalue weighted by molar-refractivity contribution is -0.163. The number of hydrogen-bond acceptors (Lipinski definition) is 5. The zero-order chi connectivity index (χ0) is 21.6. The number of amides is 1. The van der Waals surface area contributed by atoms with Crippen LogP contribution in [-0.2, 0) is 14.3 Å². The molecule has 158 valence electrons. The zero-order valence-electron chi connectivity index (χ0n) is 17.1. The highest BCUT2D eigenvalue weighted by Gasteiger charge is 2.31. The Bertz CT molecular complexity index is 999. The zero-order valence-corrected chi connectivity index (χ0v) is 17.1. The summed E-state index contributed by atoms with van der Waals surface area (Å²) >= 11 is 0. The van der Waals surface area contributed by atoms with Gasteiger partial charge in [-0.2, -0.15) is 0 Å². The second-order valence-corrected chi connectivity index (χ2v) is 7.21. The van der Waals surface area contributed by atoms with Crippen LogP contribution in [0.2, 0.25) is 0 Å². The van der Waals surface area contributed by atoms with E-state index in [0.717, 1.165) is 11.1 Å². The van der Waals surface area contributed by atoms with Crippen molar-refractivity contribution in [2.75, 3.05) is 6.61 Å². The second-order valence-electron chi connectivity index (χ2n) is 7.21. The van der Waals surface area contributed by atoms with E-state index in [1.54, 1.807) is 18.2 Å². The van der Waals surface area contributed by atoms with Crippen molar-refractivity contribution >= 4 is 11.9 Å². The largest absolute Gasteiger partial charge is 0.485 e. The number of fused-ring (bicyclic) bond motifs is 1. The highest BCUT2D eigenvalue weighted by Crippen LogP contribution is 2.31. The van der Waals surface area contributed by atoms with Crippen molar-refractivity contribution < 1.29 is 23.8 Å². The molecule has 0 bridgehead atoms. The first-order valence-electron chi connectivity index (χ1n) is 10.1. The summed E-state index contributed by atoms with van der Waals surface area (Å²) in [6.07, 6.45) is -1.92. The summed E-state index contributed by atoms with van der Waals surface area (Å²) in [7, 11) is 0. The van der Waals surface area contributed by atoms with Crippen LogP contribution < -0.4 is 14.8 Å². The van der Waals surface area contributed by atoms with Crippen molar-refractivity contribution in [3.63, 3.8) is 0 Å². The first-order chi connectivity index (χ1) is 15.1. The molecule has 0 radical (unpaired) electrons. The van der Waals surface area contributed by atoms with E-state index in [4.69, 9.17) is 14.2 Å². The fourth-order valence-electron chi connectivity index (χ4n) is 3.35. The molecule has 1 aliphatic rings. The predicted molar refractivity (Wildman–Crippen MR) is 115 cm³/mol. The van der Waals surface area contributed by atoms with E-state index >= 15 is 0 Å². The molecule has 3 aromatic carbocycles. The molecule has 0 spiro atoms. The van der Waals surface area contributed by atoms with Crippen LogP contribution in [0.25, 0.3) is 0 Å². The van der Waals surface area contributed by atoms with Crippen molar-refractivity contribution in [1.82, 2.24) is 5.32 Å². The number of hydrogen-bond donors (Lipinski definition) is 1. The van der Waals surface area contributed by atoms with E-state index in [9.17, 15) is 9.59 Å². The lowest BCUT2D eigenvalue weighted by Crippen LogP contribution is -2.43. The molecule has 0 fully saturated rings. The summed E-state index contributed by atoms with van der Waals surface area (Å²) in [5.41, 5.74) is 1.86. The lowest BCUT2D eigenvalue weighted by atomic mass is 9.98. The highest BCUT2D eigenvalue weighted by molar-refractivity contribution is 5.85. The quantitative estimate of drug-likeness (QED) is 0.620. The minimum absolute atomic E-state index is 0.0286. The molecule has 1 amide bonds. The molecule has 1 heterocycles. The molecule has 0 unspecified atom stereocenters. The normalized spacial score (nSPS) is 15.7. The number of carbonyl (C=O) groups excluding carboxylic acids is 2. The summed E-state index contributed by atoms with van der Waals surface area (Å²) in [6, 6.07) is 26.0. The van der Waals surface area contributed by atoms with Gasteiger partial charge in [0.1, 0.15) is 6.61 Å². The first-order valence-corrected chi connectivity index (χ1v) is 10.1. The number of esters is 1. The molecule has 6 nitrogen and oxygen atoms in total. The van der Waals surface area contributed by atoms with Gasteiger partial charge in [-0.1, -0.05) is 72.8 Å². The Morgan fingerprint density at radius 3 is 2.03 bits per heavy atom. The average Bonchev–Trinajstić information content (AvgIpc) is 2.83. The summed E-state index contributed by atoms with van der Waals surface area (Å²) < 4.78 is 16.6. The lowest BCUT2D eigenvalue weighted by Gasteiger charge is -2.26. The Hall–Kier alpha value is -3.80. The van der Waals surface area contributed by atoms with E-state index in [0.29, 0.717) is 11.5 Å². The molecule has 1 N–H and O–H groups in total. The molecule has 0 saturated carbocycles. The molecule has 0 aromatic heterocycles. The molecule has 2 atom stereocenters. The van der Waals surface area contributed by atoms with Crippen molar-refractivity contribution in [3.05, 3.63) is 96.1 Å². The van der Waals surface area contributed by atoms with Crippen LogP contribution in [0.5, 0.6) is 11.5 Å². The van der Waals surface area contributed by atoms with Gasteiger partial charge in [0.2, 0.25) is 6.10 Å². The number of para-hydroxylation sites is 2. The summed E-state index contributed by atoms with van der Waals surface area (Å²) in [5.74, 6) is 0.00300. The van der Waals surface area contributed by atoms with Gasteiger partial charge in [0.25, 0.3) is 5.91 Å². The maximum absolute atomic E-state index is 12.9. The highest BCUT2D eigenvalue weighted by atomic mass is 16.6. The monoisotopic (exact) mass is 417 g/mol. The predicted octanol–water partition coefficient (Wildman–Crippen LogP) is 3.66. The van der Waals surface area contributed by atoms with Crippen molar-refractivity contribution in [1.29, 1.82) is 0 Å². The third-order valence-electron chi connectivity index (χ3n) is 4.99. The number of benzene rings is 3. The molecular formula is C25H23NO5. The van der Waals surface area contributed by atoms with Crippen LogP contribution in [-0.4, -0.2) is 30.7 Å². The Labute approximate surface area is 180 Å². The Balaban J connectivity index is 1.42. The van der Waals surface area contributed by atoms with Gasteiger partial charge < -0.3 is 19.5 Å². The van der Waals surface area contributed by atoms with Gasteiger partial charge in [0.15, 0.2) is 17.6 Å². The van der Waals surface area contributed by atoms with Gasteiger partial charge in [-0.3, -0.25) is 4.79 Å². The van der Waals surface area contributed by atoms with Crippen LogP contribution in [0.3, 0.4) is 0 Å². The van der Waals surface area contributed by atoms with Gasteiger partial charge in [0.05, 0.1) is 6.04 Å². The van der Waals surface area contributed by atoms with Crippen LogP contribution in [0.1, 0.15) is 24.1 Å². The topological polar surface area (TPSA) is 73.9 Å². The molecular weight excluding hydrogens is 394 g/mol. The molecule has 0 aliphatic carbocycles. The van der Waals surface area contributed by atoms with E-state index in [1.807, 2.05) is 66.7 Å². The van der Waals surface area contributed by atoms with Crippen molar-refractivity contribution in [2.24, 2.45) is 0 Å². The van der Waals surface area contributed by atoms with Gasteiger partial charge in [-0.25, -0.2) is 4.79 Å². The first kappa shape index (κ1) is 20.5. The Kier molecular flexibility index (Phi) is 6.17. The molecule has 1 aliphatic heterocycles. The Morgan fingerprint density at radius 2 is 1.42 bits per heavy atom. The average molecular weight is 417 g/mol. The maximum Gasteiger partial charge on any atom is 0.351 e. The summed E-state index contributed by atoms with van der Waals surface area (Å²) in [5, 5.41) is 2.99. The van der Waals surface area contributed by atoms with Crippen LogP contribution in [0.15, 0.2) is 84.9 Å². The summed E-state index contributed by atoms with van der Waals surface area (Å²) in [4.78, 5) is 25.4. The minimum Gasteiger partial charge on any atom is -0.485 e. The number of ether oxygens (including phenoxy) is 3. The third-order valence-corrected chi connectivity index (χ3v) is 4.99. The second kappa shape index (κ2) is 9.34. The van der Waals surface area contributed by atoms with E-state index in [-0.39, 0.29) is 12.6 Å². The fourth-order valence-corrected chi connectivity index (χ4v) is 3.35. The van der Waals surface area contributed by atoms with Crippen LogP contribution in [0.4, 0.5) is 0 Å². The standard InChI is InChI=1S/C25H23NO5/c1-17(30-25(28)22-16-29-20-14-8-9-15-21(20)31-22)24(27)26-23(18-10-4-2-5-11-18)19-12-6-3-7-13-19/h2-15,17,22-23H,16H2,1H3,(H,26,27)/t17-,22-/m0/s1. The van der Waals surface area contributed by atoms with Crippen LogP contribution in [0, 0.1) is 0 Å². The minimum atomic E-state index is -0.997. The van der Waals surface area contributed by atoms with Crippen molar-refractivity contribution in [3.8, 4) is 11.5 Å². The van der Waals surface area contributed by atoms with Crippen molar-refractivity contribution in [2.45, 2.75) is 25.2 Å². The molecule has 3 aromatic rings. The summed E-state index contributed by atoms with van der Waals surface area (Å²) in [6.45, 7) is 1.57. The maximum atomic E-state index is 12.9. The fraction of sp³-hybridized carbons (Fsp3) is 0.200. The molecule has 4 rings (SSSR count). The number of rotatable bonds is 6. The van der Waals surface area contributed by atoms with Gasteiger partial charge in [0, 0.05) is 0 Å². The molecule has 31 heavy (non-hydrogen) atoms. The SMILES string of the molecule is C[C@H](OC(=O)[C@@H]1COc2ccccc2O1)C(=O)NC(c1ccccc1)c1ccccc1. The van der Waals surface area contributed by atoms with Crippen LogP contribution >= 0.6 is 0 Å². The van der Waals surface area contributed by atoms with Gasteiger partial charge in [-0.05, 0) is 30.2 Å². The van der Waals surface area contributed by atoms with E-state index < -0.39 is 24.1 Å². The molecule has 6 heteroatoms. The Morgan fingerprint density at radius 1 is 0.871 bits per heavy atom. The number of carbonyl (C=O) groups is 2. The van der Waals surface area contributed by atoms with E-state index in [1.165, 1.54) is 6.92 Å². The van der Waals surface area contributed by atoms with E-state index in [2.05, 4.69) is 5.32 Å². The smallest absolute Gasteiger partial charge is 0.351 e. The van der Waals surface area contributed by atoms with Gasteiger partial charge >= 0.3 is 5.97 Å².